The Labute approximate surface area is 190 Å². The smallest absolute Gasteiger partial charge is 0.257 e. The van der Waals surface area contributed by atoms with Gasteiger partial charge in [-0.3, -0.25) is 14.4 Å². The summed E-state index contributed by atoms with van der Waals surface area (Å²) in [4.78, 5) is 45.4. The number of nitrogens with one attached hydrogen (secondary N) is 3. The Morgan fingerprint density at radius 3 is 2.53 bits per heavy atom. The second kappa shape index (κ2) is 9.00. The van der Waals surface area contributed by atoms with Crippen LogP contribution in [0, 0.1) is 20.8 Å². The Hall–Kier alpha value is -3.39. The van der Waals surface area contributed by atoms with Crippen molar-refractivity contribution in [3.8, 4) is 0 Å². The molecule has 0 fully saturated rings. The van der Waals surface area contributed by atoms with E-state index in [1.807, 2.05) is 63.2 Å². The van der Waals surface area contributed by atoms with Gasteiger partial charge in [-0.1, -0.05) is 59.3 Å². The number of carbonyl (C=O) groups is 2. The molecule has 1 aliphatic heterocycles. The summed E-state index contributed by atoms with van der Waals surface area (Å²) in [5, 5.41) is 5.90. The van der Waals surface area contributed by atoms with Gasteiger partial charge in [0.05, 0.1) is 11.5 Å². The van der Waals surface area contributed by atoms with Crippen molar-refractivity contribution in [3.63, 3.8) is 0 Å². The summed E-state index contributed by atoms with van der Waals surface area (Å²) in [7, 11) is 0. The molecule has 1 aliphatic rings. The third-order valence-corrected chi connectivity index (χ3v) is 6.33. The molecule has 0 unspecified atom stereocenters. The molecule has 3 aromatic rings. The van der Waals surface area contributed by atoms with Crippen molar-refractivity contribution < 1.29 is 9.59 Å². The number of fused-ring (bicyclic) bond motifs is 1. The predicted molar refractivity (Wildman–Crippen MR) is 126 cm³/mol. The Kier molecular flexibility index (Phi) is 6.14. The van der Waals surface area contributed by atoms with Crippen LogP contribution in [0.4, 0.5) is 11.5 Å². The second-order valence-corrected chi connectivity index (χ2v) is 8.98. The number of aromatic nitrogens is 2. The molecule has 3 N–H and O–H groups in total. The van der Waals surface area contributed by atoms with Crippen LogP contribution in [0.1, 0.15) is 40.2 Å². The van der Waals surface area contributed by atoms with Crippen LogP contribution in [-0.4, -0.2) is 21.8 Å². The Bertz CT molecular complexity index is 1250. The molecule has 7 nitrogen and oxygen atoms in total. The van der Waals surface area contributed by atoms with Crippen molar-refractivity contribution in [3.05, 3.63) is 80.6 Å². The first kappa shape index (κ1) is 21.8. The lowest BCUT2D eigenvalue weighted by molar-refractivity contribution is -0.123. The van der Waals surface area contributed by atoms with Crippen molar-refractivity contribution in [1.29, 1.82) is 0 Å². The van der Waals surface area contributed by atoms with Crippen LogP contribution in [0.25, 0.3) is 0 Å². The number of aryl methyl sites for hydroxylation is 3. The summed E-state index contributed by atoms with van der Waals surface area (Å²) in [6.45, 7) is 5.89. The molecule has 1 atom stereocenters. The number of H-pyrrole nitrogens is 1. The number of thioether (sulfide) groups is 1. The van der Waals surface area contributed by atoms with Gasteiger partial charge in [-0.05, 0) is 38.0 Å². The third-order valence-electron chi connectivity index (χ3n) is 5.38. The maximum atomic E-state index is 13.0. The number of nitrogens with zero attached hydrogens (tertiary/aromatic N) is 1. The average Bonchev–Trinajstić information content (AvgIpc) is 2.74. The minimum atomic E-state index is -0.910. The molecule has 0 saturated carbocycles. The number of amides is 2. The minimum Gasteiger partial charge on any atom is -0.325 e. The fraction of sp³-hybridized carbons (Fsp3) is 0.250. The number of carbonyl (C=O) groups excluding carboxylic acids is 2. The molecule has 0 bridgehead atoms. The summed E-state index contributed by atoms with van der Waals surface area (Å²) < 4.78 is 0. The van der Waals surface area contributed by atoms with Crippen LogP contribution < -0.4 is 16.2 Å². The van der Waals surface area contributed by atoms with E-state index in [4.69, 9.17) is 0 Å². The van der Waals surface area contributed by atoms with E-state index in [2.05, 4.69) is 20.6 Å². The van der Waals surface area contributed by atoms with Gasteiger partial charge in [0.15, 0.2) is 5.16 Å². The topological polar surface area (TPSA) is 104 Å². The van der Waals surface area contributed by atoms with Gasteiger partial charge in [0.1, 0.15) is 5.82 Å². The predicted octanol–water partition coefficient (Wildman–Crippen LogP) is 4.05. The third kappa shape index (κ3) is 4.75. The first-order valence-electron chi connectivity index (χ1n) is 10.3. The molecule has 2 heterocycles. The second-order valence-electron chi connectivity index (χ2n) is 8.02. The van der Waals surface area contributed by atoms with Crippen LogP contribution in [-0.2, 0) is 15.3 Å². The minimum absolute atomic E-state index is 0.107. The largest absolute Gasteiger partial charge is 0.325 e. The molecule has 0 saturated heterocycles. The van der Waals surface area contributed by atoms with E-state index in [0.29, 0.717) is 16.6 Å². The van der Waals surface area contributed by atoms with Crippen molar-refractivity contribution in [1.82, 2.24) is 9.97 Å². The SMILES string of the molecule is Cc1ccc(CSc2nc3c(c(=O)[nH]2)[C@H](C(=O)Nc2ccc(C)cc2C)CC(=O)N3)cc1. The maximum absolute atomic E-state index is 13.0. The number of rotatable bonds is 5. The number of benzene rings is 2. The van der Waals surface area contributed by atoms with Crippen molar-refractivity contribution >= 4 is 35.1 Å². The van der Waals surface area contributed by atoms with Crippen LogP contribution >= 0.6 is 11.8 Å². The number of anilines is 2. The zero-order valence-electron chi connectivity index (χ0n) is 18.1. The van der Waals surface area contributed by atoms with Crippen molar-refractivity contribution in [2.24, 2.45) is 0 Å². The van der Waals surface area contributed by atoms with E-state index in [9.17, 15) is 14.4 Å². The van der Waals surface area contributed by atoms with E-state index in [1.165, 1.54) is 17.3 Å². The van der Waals surface area contributed by atoms with Gasteiger partial charge in [-0.25, -0.2) is 4.98 Å². The average molecular weight is 449 g/mol. The van der Waals surface area contributed by atoms with E-state index in [-0.39, 0.29) is 23.7 Å². The number of hydrogen-bond donors (Lipinski definition) is 3. The summed E-state index contributed by atoms with van der Waals surface area (Å²) in [5.41, 5.74) is 4.69. The molecule has 2 amide bonds. The fourth-order valence-electron chi connectivity index (χ4n) is 3.65. The fourth-order valence-corrected chi connectivity index (χ4v) is 4.47. The van der Waals surface area contributed by atoms with Crippen LogP contribution in [0.5, 0.6) is 0 Å². The van der Waals surface area contributed by atoms with Crippen LogP contribution in [0.2, 0.25) is 0 Å². The van der Waals surface area contributed by atoms with E-state index < -0.39 is 17.4 Å². The Balaban J connectivity index is 1.57. The standard InChI is InChI=1S/C24H24N4O3S/c1-13-4-7-16(8-5-13)12-32-24-27-21-20(23(31)28-24)17(11-19(29)26-21)22(30)25-18-9-6-14(2)10-15(18)3/h4-10,17H,11-12H2,1-3H3,(H,25,30)(H2,26,27,28,29,31)/t17-/m1/s1. The lowest BCUT2D eigenvalue weighted by Gasteiger charge is -2.24. The lowest BCUT2D eigenvalue weighted by Crippen LogP contribution is -2.36. The van der Waals surface area contributed by atoms with Gasteiger partial charge < -0.3 is 15.6 Å². The van der Waals surface area contributed by atoms with Gasteiger partial charge in [-0.2, -0.15) is 0 Å². The van der Waals surface area contributed by atoms with Gasteiger partial charge in [0.25, 0.3) is 5.56 Å². The lowest BCUT2D eigenvalue weighted by atomic mass is 9.92. The normalized spacial score (nSPS) is 15.1. The highest BCUT2D eigenvalue weighted by atomic mass is 32.2. The van der Waals surface area contributed by atoms with Gasteiger partial charge in [0.2, 0.25) is 11.8 Å². The first-order chi connectivity index (χ1) is 15.3. The molecular weight excluding hydrogens is 424 g/mol. The van der Waals surface area contributed by atoms with E-state index >= 15 is 0 Å². The highest BCUT2D eigenvalue weighted by Crippen LogP contribution is 2.31. The Morgan fingerprint density at radius 1 is 1.09 bits per heavy atom. The highest BCUT2D eigenvalue weighted by molar-refractivity contribution is 7.98. The summed E-state index contributed by atoms with van der Waals surface area (Å²) in [6, 6.07) is 13.8. The molecule has 32 heavy (non-hydrogen) atoms. The molecule has 0 spiro atoms. The van der Waals surface area contributed by atoms with Gasteiger partial charge in [-0.15, -0.1) is 0 Å². The van der Waals surface area contributed by atoms with Crippen LogP contribution in [0.15, 0.2) is 52.4 Å². The van der Waals surface area contributed by atoms with Gasteiger partial charge in [0, 0.05) is 17.9 Å². The zero-order chi connectivity index (χ0) is 22.8. The molecular formula is C24H24N4O3S. The monoisotopic (exact) mass is 448 g/mol. The van der Waals surface area contributed by atoms with E-state index in [0.717, 1.165) is 16.7 Å². The summed E-state index contributed by atoms with van der Waals surface area (Å²) in [6.07, 6.45) is -0.107. The molecule has 4 rings (SSSR count). The maximum Gasteiger partial charge on any atom is 0.257 e. The van der Waals surface area contributed by atoms with Crippen molar-refractivity contribution in [2.45, 2.75) is 44.0 Å². The van der Waals surface area contributed by atoms with Crippen molar-refractivity contribution in [2.75, 3.05) is 10.6 Å². The number of aromatic amines is 1. The van der Waals surface area contributed by atoms with E-state index in [1.54, 1.807) is 0 Å². The molecule has 2 aromatic carbocycles. The zero-order valence-corrected chi connectivity index (χ0v) is 18.9. The van der Waals surface area contributed by atoms with Gasteiger partial charge >= 0.3 is 0 Å². The Morgan fingerprint density at radius 2 is 1.81 bits per heavy atom. The summed E-state index contributed by atoms with van der Waals surface area (Å²) >= 11 is 1.36. The first-order valence-corrected chi connectivity index (χ1v) is 11.3. The molecule has 164 valence electrons. The highest BCUT2D eigenvalue weighted by Gasteiger charge is 2.35. The molecule has 0 radical (unpaired) electrons. The molecule has 1 aromatic heterocycles. The number of hydrogen-bond acceptors (Lipinski definition) is 5. The quantitative estimate of drug-likeness (QED) is 0.403. The molecule has 0 aliphatic carbocycles. The molecule has 8 heteroatoms. The summed E-state index contributed by atoms with van der Waals surface area (Å²) in [5.74, 6) is -0.887. The van der Waals surface area contributed by atoms with Crippen LogP contribution in [0.3, 0.4) is 0 Å².